The second kappa shape index (κ2) is 11.0. The van der Waals surface area contributed by atoms with Crippen molar-refractivity contribution in [3.63, 3.8) is 0 Å². The minimum absolute atomic E-state index is 0.390. The largest absolute Gasteiger partial charge is 0.480 e. The fraction of sp³-hybridized carbons (Fsp3) is 0.708. The lowest BCUT2D eigenvalue weighted by molar-refractivity contribution is -0.139. The predicted octanol–water partition coefficient (Wildman–Crippen LogP) is 3.21. The van der Waals surface area contributed by atoms with Crippen molar-refractivity contribution < 1.29 is 19.4 Å². The van der Waals surface area contributed by atoms with Gasteiger partial charge in [0.25, 0.3) is 0 Å². The zero-order chi connectivity index (χ0) is 22.3. The Labute approximate surface area is 190 Å². The molecule has 2 fully saturated rings. The van der Waals surface area contributed by atoms with Gasteiger partial charge in [0.1, 0.15) is 11.9 Å². The fourth-order valence-corrected chi connectivity index (χ4v) is 4.26. The number of fused-ring (bicyclic) bond motifs is 1. The Morgan fingerprint density at radius 1 is 1.22 bits per heavy atom. The number of aliphatic carboxylic acids is 1. The molecule has 2 aliphatic carbocycles. The highest BCUT2D eigenvalue weighted by Gasteiger charge is 2.30. The molecular weight excluding hydrogens is 408 g/mol. The lowest BCUT2D eigenvalue weighted by Gasteiger charge is -2.24. The topological polar surface area (TPSA) is 104 Å². The van der Waals surface area contributed by atoms with E-state index in [0.717, 1.165) is 63.1 Å². The Balaban J connectivity index is 1.17. The number of carbonyl (C=O) groups is 2. The van der Waals surface area contributed by atoms with Crippen LogP contribution in [-0.2, 0) is 22.4 Å². The number of aryl methyl sites for hydroxylation is 2. The van der Waals surface area contributed by atoms with Crippen LogP contribution in [-0.4, -0.2) is 65.4 Å². The average Bonchev–Trinajstić information content (AvgIpc) is 3.70. The van der Waals surface area contributed by atoms with Gasteiger partial charge in [-0.25, -0.2) is 14.6 Å². The molecule has 3 aliphatic rings. The van der Waals surface area contributed by atoms with Gasteiger partial charge >= 0.3 is 12.1 Å². The van der Waals surface area contributed by atoms with E-state index < -0.39 is 18.1 Å². The molecule has 0 saturated heterocycles. The van der Waals surface area contributed by atoms with Gasteiger partial charge in [0, 0.05) is 24.8 Å². The zero-order valence-corrected chi connectivity index (χ0v) is 18.9. The minimum Gasteiger partial charge on any atom is -0.480 e. The molecule has 8 nitrogen and oxygen atoms in total. The second-order valence-corrected chi connectivity index (χ2v) is 9.43. The standard InChI is InChI=1S/C24H36N4O4/c29-23(30)21(27-24(31)32-16-17-6-7-17)12-15-28(20-10-11-20)14-2-1-5-19-9-8-18-4-3-13-25-22(18)26-19/h8-9,17,20-21H,1-7,10-16H2,(H,25,26)(H,27,31)(H,29,30)/t21-/m0/s1. The minimum atomic E-state index is -1.00. The van der Waals surface area contributed by atoms with Gasteiger partial charge in [0.15, 0.2) is 0 Å². The third-order valence-corrected chi connectivity index (χ3v) is 6.59. The van der Waals surface area contributed by atoms with Crippen LogP contribution in [0.1, 0.15) is 62.6 Å². The normalized spacial score (nSPS) is 18.5. The molecule has 1 aromatic heterocycles. The van der Waals surface area contributed by atoms with Crippen LogP contribution in [0.2, 0.25) is 0 Å². The molecule has 4 rings (SSSR count). The van der Waals surface area contributed by atoms with Gasteiger partial charge < -0.3 is 25.4 Å². The number of carboxylic acids is 1. The van der Waals surface area contributed by atoms with Gasteiger partial charge in [-0.3, -0.25) is 0 Å². The molecule has 1 atom stereocenters. The van der Waals surface area contributed by atoms with Crippen LogP contribution in [0.5, 0.6) is 0 Å². The van der Waals surface area contributed by atoms with Crippen LogP contribution in [0, 0.1) is 5.92 Å². The zero-order valence-electron chi connectivity index (χ0n) is 18.9. The van der Waals surface area contributed by atoms with E-state index in [9.17, 15) is 14.7 Å². The summed E-state index contributed by atoms with van der Waals surface area (Å²) in [6.07, 6.45) is 9.65. The number of pyridine rings is 1. The maximum Gasteiger partial charge on any atom is 0.407 e. The number of nitrogens with one attached hydrogen (secondary N) is 2. The van der Waals surface area contributed by atoms with E-state index in [1.54, 1.807) is 0 Å². The molecule has 1 aliphatic heterocycles. The van der Waals surface area contributed by atoms with E-state index in [-0.39, 0.29) is 0 Å². The summed E-state index contributed by atoms with van der Waals surface area (Å²) in [5.74, 6) is 0.509. The molecule has 0 spiro atoms. The van der Waals surface area contributed by atoms with Crippen molar-refractivity contribution in [2.45, 2.75) is 76.3 Å². The highest BCUT2D eigenvalue weighted by Crippen LogP contribution is 2.29. The smallest absolute Gasteiger partial charge is 0.407 e. The third-order valence-electron chi connectivity index (χ3n) is 6.59. The summed E-state index contributed by atoms with van der Waals surface area (Å²) in [5.41, 5.74) is 2.45. The number of anilines is 1. The van der Waals surface area contributed by atoms with E-state index >= 15 is 0 Å². The van der Waals surface area contributed by atoms with E-state index in [1.165, 1.54) is 24.8 Å². The first kappa shape index (κ1) is 22.8. The first-order valence-electron chi connectivity index (χ1n) is 12.2. The highest BCUT2D eigenvalue weighted by molar-refractivity contribution is 5.79. The first-order valence-corrected chi connectivity index (χ1v) is 12.2. The summed E-state index contributed by atoms with van der Waals surface area (Å²) in [5, 5.41) is 15.4. The number of alkyl carbamates (subject to hydrolysis) is 1. The van der Waals surface area contributed by atoms with Gasteiger partial charge in [0.2, 0.25) is 0 Å². The van der Waals surface area contributed by atoms with Gasteiger partial charge in [-0.15, -0.1) is 0 Å². The molecule has 176 valence electrons. The number of unbranched alkanes of at least 4 members (excludes halogenated alkanes) is 1. The van der Waals surface area contributed by atoms with Crippen LogP contribution in [0.25, 0.3) is 0 Å². The van der Waals surface area contributed by atoms with Crippen LogP contribution in [0.4, 0.5) is 10.6 Å². The van der Waals surface area contributed by atoms with E-state index in [1.807, 2.05) is 0 Å². The average molecular weight is 445 g/mol. The van der Waals surface area contributed by atoms with Crippen molar-refractivity contribution in [2.24, 2.45) is 5.92 Å². The van der Waals surface area contributed by atoms with Crippen molar-refractivity contribution in [3.8, 4) is 0 Å². The van der Waals surface area contributed by atoms with E-state index in [4.69, 9.17) is 9.72 Å². The molecule has 0 aromatic carbocycles. The fourth-order valence-electron chi connectivity index (χ4n) is 4.26. The van der Waals surface area contributed by atoms with Crippen LogP contribution in [0.15, 0.2) is 12.1 Å². The maximum atomic E-state index is 11.9. The monoisotopic (exact) mass is 444 g/mol. The Morgan fingerprint density at radius 3 is 2.81 bits per heavy atom. The first-order chi connectivity index (χ1) is 15.6. The SMILES string of the molecule is O=C(N[C@@H](CCN(CCCCc1ccc2c(n1)NCCC2)C1CC1)C(=O)O)OCC1CC1. The number of ether oxygens (including phenoxy) is 1. The quantitative estimate of drug-likeness (QED) is 0.401. The molecule has 2 saturated carbocycles. The molecule has 2 heterocycles. The Bertz CT molecular complexity index is 794. The van der Waals surface area contributed by atoms with Gasteiger partial charge in [-0.1, -0.05) is 6.07 Å². The maximum absolute atomic E-state index is 11.9. The molecule has 3 N–H and O–H groups in total. The highest BCUT2D eigenvalue weighted by atomic mass is 16.5. The number of carbonyl (C=O) groups excluding carboxylic acids is 1. The van der Waals surface area contributed by atoms with Gasteiger partial charge in [-0.2, -0.15) is 0 Å². The summed E-state index contributed by atoms with van der Waals surface area (Å²) >= 11 is 0. The third kappa shape index (κ3) is 7.08. The number of nitrogens with zero attached hydrogens (tertiary/aromatic N) is 2. The summed E-state index contributed by atoms with van der Waals surface area (Å²) < 4.78 is 5.13. The van der Waals surface area contributed by atoms with Crippen molar-refractivity contribution >= 4 is 17.9 Å². The molecule has 1 aromatic rings. The van der Waals surface area contributed by atoms with Crippen LogP contribution >= 0.6 is 0 Å². The number of hydrogen-bond donors (Lipinski definition) is 3. The summed E-state index contributed by atoms with van der Waals surface area (Å²) in [6.45, 7) is 3.02. The van der Waals surface area contributed by atoms with Crippen LogP contribution < -0.4 is 10.6 Å². The van der Waals surface area contributed by atoms with Gasteiger partial charge in [-0.05, 0) is 88.3 Å². The number of carboxylic acid groups (broad SMARTS) is 1. The number of rotatable bonds is 13. The summed E-state index contributed by atoms with van der Waals surface area (Å²) in [7, 11) is 0. The van der Waals surface area contributed by atoms with Crippen molar-refractivity contribution in [1.82, 2.24) is 15.2 Å². The van der Waals surface area contributed by atoms with Crippen LogP contribution in [0.3, 0.4) is 0 Å². The van der Waals surface area contributed by atoms with Crippen molar-refractivity contribution in [1.29, 1.82) is 0 Å². The predicted molar refractivity (Wildman–Crippen MR) is 122 cm³/mol. The molecule has 0 bridgehead atoms. The lowest BCUT2D eigenvalue weighted by Crippen LogP contribution is -2.44. The number of hydrogen-bond acceptors (Lipinski definition) is 6. The Morgan fingerprint density at radius 2 is 2.06 bits per heavy atom. The number of aromatic nitrogens is 1. The van der Waals surface area contributed by atoms with E-state index in [0.29, 0.717) is 31.5 Å². The van der Waals surface area contributed by atoms with Crippen molar-refractivity contribution in [2.75, 3.05) is 31.6 Å². The molecule has 0 unspecified atom stereocenters. The molecule has 0 radical (unpaired) electrons. The second-order valence-electron chi connectivity index (χ2n) is 9.43. The lowest BCUT2D eigenvalue weighted by atomic mass is 10.1. The molecule has 8 heteroatoms. The van der Waals surface area contributed by atoms with E-state index in [2.05, 4.69) is 27.7 Å². The summed E-state index contributed by atoms with van der Waals surface area (Å²) in [6, 6.07) is 4.00. The van der Waals surface area contributed by atoms with Crippen molar-refractivity contribution in [3.05, 3.63) is 23.4 Å². The van der Waals surface area contributed by atoms with Gasteiger partial charge in [0.05, 0.1) is 6.61 Å². The Kier molecular flexibility index (Phi) is 7.84. The Hall–Kier alpha value is -2.35. The molecule has 32 heavy (non-hydrogen) atoms. The molecule has 1 amide bonds. The summed E-state index contributed by atoms with van der Waals surface area (Å²) in [4.78, 5) is 30.7. The molecular formula is C24H36N4O4. The number of amides is 1.